The van der Waals surface area contributed by atoms with E-state index < -0.39 is 10.7 Å². The van der Waals surface area contributed by atoms with E-state index in [1.807, 2.05) is 147 Å². The first-order chi connectivity index (χ1) is 55.7. The summed E-state index contributed by atoms with van der Waals surface area (Å²) in [4.78, 5) is 41.4. The molecule has 6 N–H and O–H groups in total. The van der Waals surface area contributed by atoms with Crippen molar-refractivity contribution in [3.63, 3.8) is 0 Å². The molecule has 1 fully saturated rings. The molecule has 9 aromatic carbocycles. The van der Waals surface area contributed by atoms with Crippen LogP contribution in [0.4, 0.5) is 5.69 Å². The molecule has 115 heavy (non-hydrogen) atoms. The van der Waals surface area contributed by atoms with Crippen LogP contribution in [0.2, 0.25) is 0 Å². The molecule has 0 saturated heterocycles. The van der Waals surface area contributed by atoms with Gasteiger partial charge in [-0.15, -0.1) is 11.3 Å². The van der Waals surface area contributed by atoms with Gasteiger partial charge in [0.2, 0.25) is 9.54 Å². The minimum absolute atomic E-state index is 0.128. The second-order valence-electron chi connectivity index (χ2n) is 28.6. The highest BCUT2D eigenvalue weighted by Crippen LogP contribution is 2.42. The van der Waals surface area contributed by atoms with Gasteiger partial charge in [-0.25, -0.2) is 19.4 Å². The molecule has 0 amide bonds. The van der Waals surface area contributed by atoms with Gasteiger partial charge in [-0.2, -0.15) is 43.1 Å². The predicted octanol–water partition coefficient (Wildman–Crippen LogP) is 27.1. The van der Waals surface area contributed by atoms with Gasteiger partial charge >= 0.3 is 5.97 Å². The number of anilines is 1. The average Bonchev–Trinajstić information content (AvgIpc) is 0.902. The molecular formula is C92H106N10O4S9. The van der Waals surface area contributed by atoms with Gasteiger partial charge in [-0.1, -0.05) is 341 Å². The molecule has 1 aliphatic heterocycles. The standard InChI is InChI=1S/C19H16S.C18H38S.C15H11N3S.C10H18OS.C8H6N4O2S.C8H7NS.C7H5NOS.C7H5NS2/c20-19(16-10-4-1-5-11-16,17-12-6-2-7-13-17)18-14-8-3-9-15-18;1-2-3-4-5-6-7-8-9-10-11-12-13-14-15-16-17-18-19;19-15-17-13(11-7-3-1-4-8-11)16-14(18-15)12-9-5-2-6-10-12;1-7-4-5-8(9(11)6-7)10(2,3)12;13-7(14)5-1-3-6(4-2-5)12-8(15)9-10-11-12;10-8-5-6-3-1-2-4-7(6)9-8;10-7-8-5-3-1-2-4-6(5)9-7;9-7-8-5-3-1-2-4-6(5)10-7/h1-15,20H;19H,2-18H2,1H3;1-10H,(H,16,17,18,19);7-8,12H,4-6H2,1-3H3;1-4H,(H,13,14)(H,9,11,15);1-4H,5H2,(H,9,10);1-4H,(H,8,10);1-4H,(H,8,9). The summed E-state index contributed by atoms with van der Waals surface area (Å²) in [6.45, 7) is 8.52. The number of carboxylic acids is 1. The van der Waals surface area contributed by atoms with E-state index in [2.05, 4.69) is 176 Å². The Morgan fingerprint density at radius 2 is 1.02 bits per heavy atom. The number of nitrogens with one attached hydrogen (secondary N) is 5. The third-order valence-electron chi connectivity index (χ3n) is 19.2. The molecule has 2 atom stereocenters. The molecule has 5 heterocycles. The normalized spacial score (nSPS) is 13.2. The third-order valence-corrected chi connectivity index (χ3v) is 22.7. The quantitative estimate of drug-likeness (QED) is 0.0120. The fourth-order valence-corrected chi connectivity index (χ4v) is 16.0. The van der Waals surface area contributed by atoms with Crippen molar-refractivity contribution < 1.29 is 19.1 Å². The molecule has 602 valence electrons. The highest BCUT2D eigenvalue weighted by atomic mass is 32.1. The molecule has 14 nitrogen and oxygen atoms in total. The van der Waals surface area contributed by atoms with Crippen LogP contribution in [0.25, 0.3) is 49.8 Å². The van der Waals surface area contributed by atoms with Crippen LogP contribution in [0.15, 0.2) is 253 Å². The zero-order valence-corrected chi connectivity index (χ0v) is 73.5. The van der Waals surface area contributed by atoms with Crippen LogP contribution in [0.1, 0.15) is 182 Å². The van der Waals surface area contributed by atoms with Crippen molar-refractivity contribution in [2.75, 3.05) is 11.1 Å². The highest BCUT2D eigenvalue weighted by molar-refractivity contribution is 7.82. The Hall–Kier alpha value is -8.62. The summed E-state index contributed by atoms with van der Waals surface area (Å²) in [6.07, 6.45) is 27.0. The minimum Gasteiger partial charge on any atom is -0.478 e. The van der Waals surface area contributed by atoms with Gasteiger partial charge in [0.25, 0.3) is 4.84 Å². The van der Waals surface area contributed by atoms with Crippen LogP contribution in [0, 0.1) is 30.2 Å². The number of rotatable bonds is 24. The van der Waals surface area contributed by atoms with Gasteiger partial charge in [0.05, 0.1) is 36.7 Å². The van der Waals surface area contributed by atoms with E-state index in [9.17, 15) is 9.59 Å². The van der Waals surface area contributed by atoms with Gasteiger partial charge in [0, 0.05) is 40.3 Å². The van der Waals surface area contributed by atoms with Gasteiger partial charge in [-0.05, 0) is 157 Å². The Balaban J connectivity index is 0.000000167. The Morgan fingerprint density at radius 1 is 0.557 bits per heavy atom. The van der Waals surface area contributed by atoms with Crippen LogP contribution >= 0.6 is 110 Å². The Morgan fingerprint density at radius 3 is 1.47 bits per heavy atom. The number of Topliss-reactive ketones (excluding diaryl/α,β-unsaturated/α-hetero) is 1. The lowest BCUT2D eigenvalue weighted by Gasteiger charge is -2.33. The maximum atomic E-state index is 11.6. The van der Waals surface area contributed by atoms with Gasteiger partial charge < -0.3 is 29.8 Å². The number of aromatic carboxylic acids is 1. The third kappa shape index (κ3) is 31.4. The van der Waals surface area contributed by atoms with E-state index in [1.54, 1.807) is 23.5 Å². The van der Waals surface area contributed by atoms with Crippen molar-refractivity contribution in [2.45, 2.75) is 166 Å². The number of aromatic amines is 4. The molecule has 0 radical (unpaired) electrons. The number of thiol groups is 3. The predicted molar refractivity (Wildman–Crippen MR) is 503 cm³/mol. The molecule has 0 bridgehead atoms. The van der Waals surface area contributed by atoms with Crippen molar-refractivity contribution in [3.05, 3.63) is 295 Å². The number of aromatic nitrogens is 9. The topological polar surface area (TPSA) is 199 Å². The van der Waals surface area contributed by atoms with Crippen molar-refractivity contribution in [3.8, 4) is 28.5 Å². The van der Waals surface area contributed by atoms with Crippen molar-refractivity contribution in [1.82, 2.24) is 45.1 Å². The number of carbonyl (C=O) groups excluding carboxylic acids is 1. The number of thiazole rings is 1. The van der Waals surface area contributed by atoms with Crippen molar-refractivity contribution in [1.29, 1.82) is 0 Å². The van der Waals surface area contributed by atoms with E-state index in [0.717, 1.165) is 73.4 Å². The van der Waals surface area contributed by atoms with Crippen LogP contribution in [0.3, 0.4) is 0 Å². The molecule has 0 spiro atoms. The van der Waals surface area contributed by atoms with Gasteiger partial charge in [-0.3, -0.25) is 4.79 Å². The van der Waals surface area contributed by atoms with E-state index in [1.165, 1.54) is 159 Å². The van der Waals surface area contributed by atoms with E-state index in [0.29, 0.717) is 27.0 Å². The van der Waals surface area contributed by atoms with Crippen LogP contribution in [-0.4, -0.2) is 77.5 Å². The van der Waals surface area contributed by atoms with Crippen LogP contribution < -0.4 is 5.32 Å². The average molecular weight is 1700 g/mol. The smallest absolute Gasteiger partial charge is 0.335 e. The lowest BCUT2D eigenvalue weighted by molar-refractivity contribution is -0.126. The first kappa shape index (κ1) is 91.9. The summed E-state index contributed by atoms with van der Waals surface area (Å²) >= 11 is 40.2. The molecule has 2 aliphatic rings. The lowest BCUT2D eigenvalue weighted by Crippen LogP contribution is -2.36. The number of fused-ring (bicyclic) bond motifs is 3. The molecule has 2 unspecified atom stereocenters. The van der Waals surface area contributed by atoms with Crippen molar-refractivity contribution in [2.24, 2.45) is 11.8 Å². The van der Waals surface area contributed by atoms with Gasteiger partial charge in [0.15, 0.2) is 9.54 Å². The van der Waals surface area contributed by atoms with Crippen LogP contribution in [0.5, 0.6) is 0 Å². The zero-order chi connectivity index (χ0) is 82.1. The number of unbranched alkanes of at least 4 members (excludes halogenated alkanes) is 15. The number of carbonyl (C=O) groups is 2. The summed E-state index contributed by atoms with van der Waals surface area (Å²) in [5.74, 6) is 2.75. The fourth-order valence-electron chi connectivity index (χ4n) is 13.1. The summed E-state index contributed by atoms with van der Waals surface area (Å²) < 4.78 is 8.76. The largest absolute Gasteiger partial charge is 0.478 e. The molecule has 15 rings (SSSR count). The summed E-state index contributed by atoms with van der Waals surface area (Å²) in [5, 5.41) is 21.5. The number of oxazole rings is 1. The number of carboxylic acid groups (broad SMARTS) is 1. The SMILES string of the molecule is CC1CCC(C(C)(C)S)C(=O)C1.CCCCCCCCCCCCCCCCCCS.O=C(O)c1ccc(-n2[nH]nnc2=S)cc1.S=C1Cc2ccccc2N1.S=c1[nH]c2ccccc2o1.S=c1[nH]c2ccccc2s1.S=c1nc(-c2ccccc2)[nH]c(-c2ccccc2)n1.SC(c1ccccc1)(c1ccccc1)c1ccccc1. The number of tetrazole rings is 1. The number of nitrogens with zero attached hydrogens (tertiary/aromatic N) is 5. The molecule has 1 aliphatic carbocycles. The summed E-state index contributed by atoms with van der Waals surface area (Å²) in [5.41, 5.74) is 11.8. The number of hydrogen-bond acceptors (Lipinski definition) is 16. The monoisotopic (exact) mass is 1700 g/mol. The van der Waals surface area contributed by atoms with Crippen LogP contribution in [-0.2, 0) is 16.0 Å². The maximum absolute atomic E-state index is 11.6. The van der Waals surface area contributed by atoms with E-state index in [4.69, 9.17) is 83.2 Å². The first-order valence-corrected chi connectivity index (χ1v) is 43.8. The molecular weight excluding hydrogens is 1600 g/mol. The fraction of sp³-hybridized carbons (Fsp3) is 0.315. The molecule has 13 aromatic rings. The Bertz CT molecular complexity index is 4890. The van der Waals surface area contributed by atoms with Gasteiger partial charge in [0.1, 0.15) is 17.4 Å². The highest BCUT2D eigenvalue weighted by Gasteiger charge is 2.36. The zero-order valence-electron chi connectivity index (χ0n) is 65.9. The second-order valence-corrected chi connectivity index (χ2v) is 34.2. The second kappa shape index (κ2) is 50.1. The lowest BCUT2D eigenvalue weighted by atomic mass is 9.76. The summed E-state index contributed by atoms with van der Waals surface area (Å²) in [7, 11) is 0. The number of para-hydroxylation sites is 4. The Labute approximate surface area is 724 Å². The maximum Gasteiger partial charge on any atom is 0.335 e. The Kier molecular flexibility index (Phi) is 40.0. The molecule has 1 saturated carbocycles. The van der Waals surface area contributed by atoms with E-state index in [-0.39, 0.29) is 21.0 Å². The minimum atomic E-state index is -0.965. The molecule has 23 heteroatoms. The summed E-state index contributed by atoms with van der Waals surface area (Å²) in [6, 6.07) is 81.2. The first-order valence-electron chi connectivity index (χ1n) is 39.4. The number of H-pyrrole nitrogens is 4. The number of ketones is 1. The van der Waals surface area contributed by atoms with E-state index >= 15 is 0 Å². The van der Waals surface area contributed by atoms with Crippen molar-refractivity contribution >= 4 is 154 Å². The number of benzene rings is 9. The molecule has 4 aromatic heterocycles. The number of hydrogen-bond donors (Lipinski definition) is 9. The number of thiocarbonyl (C=S) groups is 1.